The van der Waals surface area contributed by atoms with Gasteiger partial charge in [-0.3, -0.25) is 0 Å². The molecule has 0 amide bonds. The van der Waals surface area contributed by atoms with E-state index in [0.717, 1.165) is 30.2 Å². The topological polar surface area (TPSA) is 34.6 Å². The van der Waals surface area contributed by atoms with Gasteiger partial charge in [-0.05, 0) is 19.4 Å². The Morgan fingerprint density at radius 1 is 1.13 bits per heavy atom. The summed E-state index contributed by atoms with van der Waals surface area (Å²) in [4.78, 5) is 4.94. The lowest BCUT2D eigenvalue weighted by Crippen LogP contribution is -2.70. The van der Waals surface area contributed by atoms with E-state index in [1.165, 1.54) is 0 Å². The summed E-state index contributed by atoms with van der Waals surface area (Å²) in [7, 11) is 0. The van der Waals surface area contributed by atoms with E-state index in [9.17, 15) is 0 Å². The van der Waals surface area contributed by atoms with Crippen LogP contribution < -0.4 is 4.57 Å². The molecule has 0 bridgehead atoms. The van der Waals surface area contributed by atoms with Gasteiger partial charge in [-0.15, -0.1) is 0 Å². The molecular weight excluding hydrogens is 284 g/mol. The lowest BCUT2D eigenvalue weighted by atomic mass is 9.73. The molecule has 2 atom stereocenters. The van der Waals surface area contributed by atoms with Crippen LogP contribution in [0.3, 0.4) is 0 Å². The number of aromatic nitrogens is 4. The van der Waals surface area contributed by atoms with Gasteiger partial charge in [0.25, 0.3) is 5.69 Å². The van der Waals surface area contributed by atoms with Crippen molar-refractivity contribution in [3.8, 4) is 11.5 Å². The summed E-state index contributed by atoms with van der Waals surface area (Å²) in [6.07, 6.45) is 4.25. The van der Waals surface area contributed by atoms with Crippen LogP contribution in [-0.2, 0) is 16.5 Å². The molecule has 4 nitrogen and oxygen atoms in total. The van der Waals surface area contributed by atoms with Crippen molar-refractivity contribution >= 4 is 0 Å². The van der Waals surface area contributed by atoms with E-state index >= 15 is 0 Å². The quantitative estimate of drug-likeness (QED) is 0.791. The van der Waals surface area contributed by atoms with Gasteiger partial charge in [0.15, 0.2) is 17.6 Å². The minimum Gasteiger partial charge on any atom is -0.227 e. The normalized spacial score (nSPS) is 26.7. The predicted octanol–water partition coefficient (Wildman–Crippen LogP) is 3.79. The molecule has 4 heteroatoms. The number of rotatable bonds is 2. The van der Waals surface area contributed by atoms with E-state index in [0.29, 0.717) is 0 Å². The zero-order chi connectivity index (χ0) is 17.0. The standard InChI is InChI=1S/C19H29N4/c1-8-18(6)19(7,9-2)23-15(14-12-10-11-13-22(14)18)20-16(21-23)17(3,4)5/h10-13H,8-9H2,1-7H3/q+1. The molecule has 2 aromatic heterocycles. The van der Waals surface area contributed by atoms with E-state index < -0.39 is 0 Å². The minimum atomic E-state index is -0.105. The van der Waals surface area contributed by atoms with E-state index in [1.807, 2.05) is 0 Å². The Labute approximate surface area is 139 Å². The molecule has 3 rings (SSSR count). The average molecular weight is 313 g/mol. The van der Waals surface area contributed by atoms with Gasteiger partial charge < -0.3 is 0 Å². The molecule has 0 radical (unpaired) electrons. The molecule has 1 aliphatic rings. The lowest BCUT2D eigenvalue weighted by molar-refractivity contribution is -0.770. The number of nitrogens with zero attached hydrogens (tertiary/aromatic N) is 4. The number of fused-ring (bicyclic) bond motifs is 3. The second kappa shape index (κ2) is 4.89. The maximum atomic E-state index is 4.98. The highest BCUT2D eigenvalue weighted by Crippen LogP contribution is 2.44. The Hall–Kier alpha value is -1.71. The molecule has 0 saturated heterocycles. The molecule has 0 fully saturated rings. The van der Waals surface area contributed by atoms with E-state index in [-0.39, 0.29) is 16.5 Å². The van der Waals surface area contributed by atoms with Gasteiger partial charge in [0.05, 0.1) is 0 Å². The maximum absolute atomic E-state index is 4.98. The minimum absolute atomic E-state index is 0.0335. The van der Waals surface area contributed by atoms with Crippen molar-refractivity contribution in [3.05, 3.63) is 30.2 Å². The molecule has 124 valence electrons. The third-order valence-electron chi connectivity index (χ3n) is 5.90. The first-order valence-electron chi connectivity index (χ1n) is 8.68. The highest BCUT2D eigenvalue weighted by molar-refractivity contribution is 5.48. The Kier molecular flexibility index (Phi) is 3.44. The van der Waals surface area contributed by atoms with E-state index in [4.69, 9.17) is 10.1 Å². The first kappa shape index (κ1) is 16.2. The fourth-order valence-electron chi connectivity index (χ4n) is 3.76. The van der Waals surface area contributed by atoms with Crippen molar-refractivity contribution in [2.24, 2.45) is 0 Å². The van der Waals surface area contributed by atoms with Crippen LogP contribution in [0.2, 0.25) is 0 Å². The number of pyridine rings is 1. The largest absolute Gasteiger partial charge is 0.250 e. The maximum Gasteiger partial charge on any atom is 0.250 e. The summed E-state index contributed by atoms with van der Waals surface area (Å²) in [6.45, 7) is 15.7. The third-order valence-corrected chi connectivity index (χ3v) is 5.90. The number of hydrogen-bond donors (Lipinski definition) is 0. The SMILES string of the molecule is CCC1(C)n2nc(C(C)(C)C)nc2-c2cccc[n+]2C1(C)CC. The second-order valence-corrected chi connectivity index (χ2v) is 8.13. The average Bonchev–Trinajstić information content (AvgIpc) is 2.98. The van der Waals surface area contributed by atoms with Gasteiger partial charge >= 0.3 is 0 Å². The van der Waals surface area contributed by atoms with Crippen LogP contribution in [0, 0.1) is 0 Å². The van der Waals surface area contributed by atoms with Crippen LogP contribution in [0.1, 0.15) is 67.1 Å². The lowest BCUT2D eigenvalue weighted by Gasteiger charge is -2.44. The van der Waals surface area contributed by atoms with Gasteiger partial charge in [0.1, 0.15) is 5.54 Å². The van der Waals surface area contributed by atoms with Crippen LogP contribution in [0.25, 0.3) is 11.5 Å². The zero-order valence-electron chi connectivity index (χ0n) is 15.5. The van der Waals surface area contributed by atoms with Crippen molar-refractivity contribution in [3.63, 3.8) is 0 Å². The molecule has 2 aromatic rings. The highest BCUT2D eigenvalue weighted by atomic mass is 15.4. The summed E-state index contributed by atoms with van der Waals surface area (Å²) >= 11 is 0. The Balaban J connectivity index is 2.38. The van der Waals surface area contributed by atoms with Gasteiger partial charge in [0, 0.05) is 30.9 Å². The first-order valence-corrected chi connectivity index (χ1v) is 8.68. The van der Waals surface area contributed by atoms with Crippen molar-refractivity contribution in [1.29, 1.82) is 0 Å². The molecule has 23 heavy (non-hydrogen) atoms. The molecule has 2 unspecified atom stereocenters. The van der Waals surface area contributed by atoms with Crippen LogP contribution in [-0.4, -0.2) is 14.8 Å². The summed E-state index contributed by atoms with van der Waals surface area (Å²) < 4.78 is 4.61. The second-order valence-electron chi connectivity index (χ2n) is 8.13. The Bertz CT molecular complexity index is 740. The molecule has 0 saturated carbocycles. The summed E-state index contributed by atoms with van der Waals surface area (Å²) in [6, 6.07) is 6.37. The molecular formula is C19H29N4+. The van der Waals surface area contributed by atoms with Gasteiger partial charge in [0.2, 0.25) is 5.82 Å². The molecule has 0 aromatic carbocycles. The molecule has 0 aliphatic carbocycles. The summed E-state index contributed by atoms with van der Waals surface area (Å²) in [5.74, 6) is 1.91. The fraction of sp³-hybridized carbons (Fsp3) is 0.632. The van der Waals surface area contributed by atoms with Crippen molar-refractivity contribution in [2.45, 2.75) is 77.8 Å². The monoisotopic (exact) mass is 313 g/mol. The predicted molar refractivity (Wildman–Crippen MR) is 92.2 cm³/mol. The highest BCUT2D eigenvalue weighted by Gasteiger charge is 2.58. The summed E-state index contributed by atoms with van der Waals surface area (Å²) in [5, 5.41) is 4.98. The smallest absolute Gasteiger partial charge is 0.227 e. The first-order chi connectivity index (χ1) is 10.7. The molecule has 1 aliphatic heterocycles. The fourth-order valence-corrected chi connectivity index (χ4v) is 3.76. The molecule has 0 N–H and O–H groups in total. The third kappa shape index (κ3) is 2.00. The van der Waals surface area contributed by atoms with Crippen molar-refractivity contribution < 1.29 is 4.57 Å². The molecule has 0 spiro atoms. The van der Waals surface area contributed by atoms with Gasteiger partial charge in [-0.2, -0.15) is 9.67 Å². The zero-order valence-corrected chi connectivity index (χ0v) is 15.5. The Morgan fingerprint density at radius 2 is 1.83 bits per heavy atom. The van der Waals surface area contributed by atoms with Crippen LogP contribution in [0.4, 0.5) is 0 Å². The van der Waals surface area contributed by atoms with Crippen molar-refractivity contribution in [1.82, 2.24) is 14.8 Å². The number of hydrogen-bond acceptors (Lipinski definition) is 2. The Morgan fingerprint density at radius 3 is 2.39 bits per heavy atom. The van der Waals surface area contributed by atoms with Crippen LogP contribution in [0.15, 0.2) is 24.4 Å². The van der Waals surface area contributed by atoms with Gasteiger partial charge in [-0.25, -0.2) is 9.67 Å². The van der Waals surface area contributed by atoms with Crippen molar-refractivity contribution in [2.75, 3.05) is 0 Å². The van der Waals surface area contributed by atoms with E-state index in [1.54, 1.807) is 0 Å². The van der Waals surface area contributed by atoms with E-state index in [2.05, 4.69) is 82.1 Å². The summed E-state index contributed by atoms with van der Waals surface area (Å²) in [5.41, 5.74) is 0.966. The van der Waals surface area contributed by atoms with Gasteiger partial charge in [-0.1, -0.05) is 34.6 Å². The van der Waals surface area contributed by atoms with Crippen LogP contribution in [0.5, 0.6) is 0 Å². The van der Waals surface area contributed by atoms with Crippen LogP contribution >= 0.6 is 0 Å². The molecule has 3 heterocycles.